The highest BCUT2D eigenvalue weighted by atomic mass is 32.3. The molecule has 0 aliphatic carbocycles. The number of aryl methyl sites for hydroxylation is 3. The Morgan fingerprint density at radius 1 is 0.543 bits per heavy atom. The van der Waals surface area contributed by atoms with E-state index in [9.17, 15) is 30.0 Å². The van der Waals surface area contributed by atoms with Crippen molar-refractivity contribution in [2.75, 3.05) is 8.43 Å². The van der Waals surface area contributed by atoms with Gasteiger partial charge < -0.3 is 0 Å². The minimum Gasteiger partial charge on any atom is -0.289 e. The molecule has 5 aromatic rings. The second kappa shape index (κ2) is 12.5. The van der Waals surface area contributed by atoms with Crippen molar-refractivity contribution >= 4 is 47.2 Å². The highest BCUT2D eigenvalue weighted by molar-refractivity contribution is 8.10. The summed E-state index contributed by atoms with van der Waals surface area (Å²) in [7, 11) is -13.8. The number of carbonyl (C=O) groups is 1. The van der Waals surface area contributed by atoms with Gasteiger partial charge in [0.25, 0.3) is 30.1 Å². The molecular weight excluding hydrogens is 645 g/mol. The zero-order valence-corrected chi connectivity index (χ0v) is 27.5. The molecule has 0 fully saturated rings. The Morgan fingerprint density at radius 2 is 0.978 bits per heavy atom. The first-order chi connectivity index (χ1) is 21.7. The number of rotatable bonds is 10. The van der Waals surface area contributed by atoms with Crippen molar-refractivity contribution in [3.8, 4) is 0 Å². The second-order valence-corrected chi connectivity index (χ2v) is 16.2. The van der Waals surface area contributed by atoms with E-state index < -0.39 is 41.5 Å². The highest BCUT2D eigenvalue weighted by Crippen LogP contribution is 2.35. The van der Waals surface area contributed by atoms with Gasteiger partial charge in [-0.25, -0.2) is 25.3 Å². The van der Waals surface area contributed by atoms with Crippen LogP contribution in [-0.2, 0) is 30.1 Å². The Balaban J connectivity index is 1.74. The van der Waals surface area contributed by atoms with Crippen LogP contribution in [0.5, 0.6) is 0 Å². The van der Waals surface area contributed by atoms with Crippen LogP contribution in [0.4, 0.5) is 11.4 Å². The highest BCUT2D eigenvalue weighted by Gasteiger charge is 2.38. The van der Waals surface area contributed by atoms with E-state index >= 15 is 0 Å². The number of anilines is 2. The van der Waals surface area contributed by atoms with E-state index in [0.29, 0.717) is 0 Å². The first kappa shape index (κ1) is 32.6. The maximum absolute atomic E-state index is 14.2. The summed E-state index contributed by atoms with van der Waals surface area (Å²) in [5.41, 5.74) is 1.71. The molecular formula is C34H30N2O7S3. The maximum Gasteiger partial charge on any atom is 0.277 e. The van der Waals surface area contributed by atoms with Gasteiger partial charge in [-0.1, -0.05) is 83.4 Å². The molecule has 0 aliphatic heterocycles. The topological polar surface area (TPSA) is 135 Å². The fourth-order valence-electron chi connectivity index (χ4n) is 4.61. The average molecular weight is 675 g/mol. The van der Waals surface area contributed by atoms with Gasteiger partial charge in [-0.2, -0.15) is 3.71 Å². The van der Waals surface area contributed by atoms with Gasteiger partial charge in [0.15, 0.2) is 5.78 Å². The predicted molar refractivity (Wildman–Crippen MR) is 178 cm³/mol. The van der Waals surface area contributed by atoms with Crippen molar-refractivity contribution in [3.63, 3.8) is 0 Å². The maximum atomic E-state index is 14.2. The largest absolute Gasteiger partial charge is 0.289 e. The van der Waals surface area contributed by atoms with E-state index in [-0.39, 0.29) is 35.2 Å². The van der Waals surface area contributed by atoms with Gasteiger partial charge in [-0.15, -0.1) is 0 Å². The molecule has 0 bridgehead atoms. The van der Waals surface area contributed by atoms with Crippen LogP contribution in [0.3, 0.4) is 0 Å². The van der Waals surface area contributed by atoms with Crippen molar-refractivity contribution < 1.29 is 30.0 Å². The monoisotopic (exact) mass is 674 g/mol. The molecule has 0 amide bonds. The van der Waals surface area contributed by atoms with Crippen molar-refractivity contribution in [2.24, 2.45) is 0 Å². The summed E-state index contributed by atoms with van der Waals surface area (Å²) < 4.78 is 86.1. The summed E-state index contributed by atoms with van der Waals surface area (Å²) in [6.45, 7) is 5.32. The Bertz CT molecular complexity index is 2160. The number of sulfonamides is 3. The average Bonchev–Trinajstić information content (AvgIpc) is 3.02. The van der Waals surface area contributed by atoms with E-state index in [4.69, 9.17) is 0 Å². The normalized spacial score (nSPS) is 12.0. The van der Waals surface area contributed by atoms with Crippen LogP contribution in [0.15, 0.2) is 136 Å². The first-order valence-corrected chi connectivity index (χ1v) is 18.3. The molecule has 0 radical (unpaired) electrons. The Hall–Kier alpha value is -4.78. The first-order valence-electron chi connectivity index (χ1n) is 14.0. The van der Waals surface area contributed by atoms with Crippen LogP contribution >= 0.6 is 0 Å². The van der Waals surface area contributed by atoms with E-state index in [1.807, 2.05) is 0 Å². The minimum atomic E-state index is -4.79. The Kier molecular flexibility index (Phi) is 8.89. The molecule has 0 spiro atoms. The summed E-state index contributed by atoms with van der Waals surface area (Å²) in [5, 5.41) is 0. The lowest BCUT2D eigenvalue weighted by molar-refractivity contribution is 0.103. The van der Waals surface area contributed by atoms with E-state index in [1.165, 1.54) is 78.9 Å². The third-order valence-electron chi connectivity index (χ3n) is 7.14. The van der Waals surface area contributed by atoms with Crippen LogP contribution in [-0.4, -0.2) is 31.0 Å². The summed E-state index contributed by atoms with van der Waals surface area (Å²) in [5.74, 6) is -0.663. The summed E-state index contributed by atoms with van der Waals surface area (Å²) in [6.07, 6.45) is 0. The number of hydrogen-bond donors (Lipinski definition) is 1. The molecule has 0 aliphatic rings. The van der Waals surface area contributed by atoms with Gasteiger partial charge in [0.05, 0.1) is 26.1 Å². The molecule has 0 atom stereocenters. The second-order valence-electron chi connectivity index (χ2n) is 10.7. The van der Waals surface area contributed by atoms with Crippen LogP contribution in [0.25, 0.3) is 0 Å². The molecule has 12 heteroatoms. The van der Waals surface area contributed by atoms with Crippen LogP contribution in [0.2, 0.25) is 0 Å². The minimum absolute atomic E-state index is 0.0641. The van der Waals surface area contributed by atoms with E-state index in [2.05, 4.69) is 4.72 Å². The third-order valence-corrected chi connectivity index (χ3v) is 12.7. The lowest BCUT2D eigenvalue weighted by Crippen LogP contribution is -2.37. The summed E-state index contributed by atoms with van der Waals surface area (Å²) >= 11 is 0. The zero-order chi connectivity index (χ0) is 33.3. The summed E-state index contributed by atoms with van der Waals surface area (Å²) in [6, 6.07) is 28.7. The molecule has 1 N–H and O–H groups in total. The molecule has 0 heterocycles. The molecule has 5 aromatic carbocycles. The molecule has 236 valence electrons. The number of nitrogens with zero attached hydrogens (tertiary/aromatic N) is 1. The molecule has 9 nitrogen and oxygen atoms in total. The van der Waals surface area contributed by atoms with Gasteiger partial charge in [-0.05, 0) is 75.4 Å². The van der Waals surface area contributed by atoms with Crippen molar-refractivity contribution in [1.82, 2.24) is 0 Å². The van der Waals surface area contributed by atoms with Gasteiger partial charge in [0, 0.05) is 11.1 Å². The van der Waals surface area contributed by atoms with Crippen LogP contribution < -0.4 is 8.43 Å². The number of hydrogen-bond acceptors (Lipinski definition) is 7. The predicted octanol–water partition coefficient (Wildman–Crippen LogP) is 6.23. The number of carbonyl (C=O) groups excluding carboxylic acids is 1. The zero-order valence-electron chi connectivity index (χ0n) is 25.1. The SMILES string of the molecule is Cc1ccc(S(=O)(=O)Nc2ccc(N(S(=O)(=O)c3ccc(C)cc3)S(=O)(=O)c3ccc(C)cc3)cc2C(=O)c2ccccc2)cc1. The van der Waals surface area contributed by atoms with Gasteiger partial charge >= 0.3 is 0 Å². The van der Waals surface area contributed by atoms with Gasteiger partial charge in [0.2, 0.25) is 0 Å². The van der Waals surface area contributed by atoms with E-state index in [1.54, 1.807) is 51.1 Å². The number of benzene rings is 5. The summed E-state index contributed by atoms with van der Waals surface area (Å²) in [4.78, 5) is 13.2. The van der Waals surface area contributed by atoms with Gasteiger partial charge in [-0.3, -0.25) is 9.52 Å². The van der Waals surface area contributed by atoms with Crippen LogP contribution in [0.1, 0.15) is 32.6 Å². The quantitative estimate of drug-likeness (QED) is 0.174. The molecule has 46 heavy (non-hydrogen) atoms. The molecule has 0 aromatic heterocycles. The standard InChI is InChI=1S/C34H30N2O7S3/c1-24-9-16-29(17-10-24)44(38,39)35-33-22-15-28(23-32(33)34(37)27-7-5-4-6-8-27)36(45(40,41)30-18-11-25(2)12-19-30)46(42,43)31-20-13-26(3)14-21-31/h4-23,35H,1-3H3. The van der Waals surface area contributed by atoms with Crippen molar-refractivity contribution in [3.05, 3.63) is 149 Å². The van der Waals surface area contributed by atoms with Crippen LogP contribution in [0, 0.1) is 20.8 Å². The van der Waals surface area contributed by atoms with Crippen molar-refractivity contribution in [2.45, 2.75) is 35.5 Å². The van der Waals surface area contributed by atoms with Gasteiger partial charge in [0.1, 0.15) is 0 Å². The molecule has 0 saturated heterocycles. The third kappa shape index (κ3) is 6.59. The number of ketones is 1. The lowest BCUT2D eigenvalue weighted by Gasteiger charge is -2.25. The molecule has 0 saturated carbocycles. The fraction of sp³-hybridized carbons (Fsp3) is 0.0882. The lowest BCUT2D eigenvalue weighted by atomic mass is 10.0. The number of nitrogens with one attached hydrogen (secondary N) is 1. The van der Waals surface area contributed by atoms with E-state index in [0.717, 1.165) is 28.8 Å². The Labute approximate surface area is 269 Å². The van der Waals surface area contributed by atoms with Crippen molar-refractivity contribution in [1.29, 1.82) is 0 Å². The smallest absolute Gasteiger partial charge is 0.277 e. The molecule has 0 unspecified atom stereocenters. The molecule has 5 rings (SSSR count). The fourth-order valence-corrected chi connectivity index (χ4v) is 9.36. The Morgan fingerprint density at radius 3 is 1.43 bits per heavy atom.